The van der Waals surface area contributed by atoms with E-state index in [9.17, 15) is 5.11 Å². The molecule has 0 bridgehead atoms. The highest BCUT2D eigenvalue weighted by molar-refractivity contribution is 8.00. The van der Waals surface area contributed by atoms with Gasteiger partial charge in [0.25, 0.3) is 0 Å². The van der Waals surface area contributed by atoms with Crippen LogP contribution in [0.5, 0.6) is 0 Å². The van der Waals surface area contributed by atoms with Crippen LogP contribution in [0.4, 0.5) is 5.69 Å². The second-order valence-corrected chi connectivity index (χ2v) is 6.18. The van der Waals surface area contributed by atoms with Crippen LogP contribution in [-0.4, -0.2) is 16.5 Å². The largest absolute Gasteiger partial charge is 0.398 e. The Hall–Kier alpha value is -0.380. The van der Waals surface area contributed by atoms with E-state index in [1.165, 1.54) is 12.8 Å². The van der Waals surface area contributed by atoms with Crippen LogP contribution >= 0.6 is 23.4 Å². The lowest BCUT2D eigenvalue weighted by Gasteiger charge is -2.21. The van der Waals surface area contributed by atoms with Crippen molar-refractivity contribution < 1.29 is 5.11 Å². The van der Waals surface area contributed by atoms with Gasteiger partial charge in [-0.1, -0.05) is 36.9 Å². The Bertz CT molecular complexity index is 365. The summed E-state index contributed by atoms with van der Waals surface area (Å²) in [5, 5.41) is 11.0. The molecule has 1 aromatic rings. The highest BCUT2D eigenvalue weighted by atomic mass is 35.5. The summed E-state index contributed by atoms with van der Waals surface area (Å²) in [7, 11) is 0. The molecule has 2 unspecified atom stereocenters. The van der Waals surface area contributed by atoms with Crippen molar-refractivity contribution in [2.75, 3.05) is 5.73 Å². The quantitative estimate of drug-likeness (QED) is 0.637. The summed E-state index contributed by atoms with van der Waals surface area (Å²) in [6.07, 6.45) is 5.21. The zero-order valence-electron chi connectivity index (χ0n) is 9.73. The fraction of sp³-hybridized carbons (Fsp3) is 0.538. The van der Waals surface area contributed by atoms with Gasteiger partial charge in [0.1, 0.15) is 0 Å². The molecule has 3 N–H and O–H groups in total. The van der Waals surface area contributed by atoms with E-state index in [-0.39, 0.29) is 11.4 Å². The lowest BCUT2D eigenvalue weighted by molar-refractivity contribution is 0.163. The molecule has 1 aliphatic rings. The molecule has 1 aliphatic carbocycles. The molecule has 17 heavy (non-hydrogen) atoms. The average molecular weight is 272 g/mol. The van der Waals surface area contributed by atoms with Gasteiger partial charge < -0.3 is 10.8 Å². The van der Waals surface area contributed by atoms with Crippen LogP contribution in [0.25, 0.3) is 0 Å². The van der Waals surface area contributed by atoms with Gasteiger partial charge >= 0.3 is 0 Å². The third kappa shape index (κ3) is 3.30. The van der Waals surface area contributed by atoms with Crippen molar-refractivity contribution in [2.24, 2.45) is 0 Å². The van der Waals surface area contributed by atoms with Crippen LogP contribution in [-0.2, 0) is 0 Å². The molecule has 0 spiro atoms. The van der Waals surface area contributed by atoms with E-state index in [2.05, 4.69) is 0 Å². The minimum absolute atomic E-state index is 0.222. The Kier molecular flexibility index (Phi) is 4.60. The minimum atomic E-state index is -0.238. The number of aliphatic hydroxyl groups is 1. The zero-order chi connectivity index (χ0) is 12.3. The minimum Gasteiger partial charge on any atom is -0.398 e. The van der Waals surface area contributed by atoms with E-state index in [0.717, 1.165) is 24.2 Å². The van der Waals surface area contributed by atoms with Crippen LogP contribution in [0.1, 0.15) is 32.1 Å². The Balaban J connectivity index is 2.13. The van der Waals surface area contributed by atoms with Crippen molar-refractivity contribution in [2.45, 2.75) is 48.4 Å². The van der Waals surface area contributed by atoms with Crippen molar-refractivity contribution in [1.82, 2.24) is 0 Å². The van der Waals surface area contributed by atoms with Gasteiger partial charge in [0, 0.05) is 15.8 Å². The van der Waals surface area contributed by atoms with Gasteiger partial charge in [-0.2, -0.15) is 0 Å². The van der Waals surface area contributed by atoms with Gasteiger partial charge in [0.05, 0.1) is 11.1 Å². The third-order valence-corrected chi connectivity index (χ3v) is 5.16. The number of anilines is 1. The Labute approximate surface area is 112 Å². The van der Waals surface area contributed by atoms with Gasteiger partial charge in [-0.25, -0.2) is 0 Å². The summed E-state index contributed by atoms with van der Waals surface area (Å²) < 4.78 is 0. The highest BCUT2D eigenvalue weighted by Gasteiger charge is 2.24. The van der Waals surface area contributed by atoms with Gasteiger partial charge in [-0.05, 0) is 25.0 Å². The molecule has 1 fully saturated rings. The van der Waals surface area contributed by atoms with Crippen molar-refractivity contribution >= 4 is 29.1 Å². The molecule has 0 amide bonds. The van der Waals surface area contributed by atoms with Gasteiger partial charge in [-0.15, -0.1) is 11.8 Å². The molecule has 1 saturated carbocycles. The van der Waals surface area contributed by atoms with E-state index >= 15 is 0 Å². The number of halogens is 1. The molecule has 1 aromatic carbocycles. The smallest absolute Gasteiger partial charge is 0.0662 e. The number of thioether (sulfide) groups is 1. The van der Waals surface area contributed by atoms with Crippen LogP contribution < -0.4 is 5.73 Å². The highest BCUT2D eigenvalue weighted by Crippen LogP contribution is 2.39. The molecule has 94 valence electrons. The van der Waals surface area contributed by atoms with E-state index in [1.807, 2.05) is 18.2 Å². The lowest BCUT2D eigenvalue weighted by Crippen LogP contribution is -2.21. The maximum Gasteiger partial charge on any atom is 0.0662 e. The number of nitrogens with two attached hydrogens (primary N) is 1. The molecule has 4 heteroatoms. The first-order valence-corrected chi connectivity index (χ1v) is 7.33. The maximum atomic E-state index is 10.1. The Morgan fingerprint density at radius 2 is 2.00 bits per heavy atom. The lowest BCUT2D eigenvalue weighted by atomic mass is 10.1. The first kappa shape index (κ1) is 13.1. The third-order valence-electron chi connectivity index (χ3n) is 3.18. The van der Waals surface area contributed by atoms with E-state index < -0.39 is 0 Å². The Morgan fingerprint density at radius 1 is 1.24 bits per heavy atom. The number of hydrogen-bond acceptors (Lipinski definition) is 3. The summed E-state index contributed by atoms with van der Waals surface area (Å²) in [5.41, 5.74) is 6.64. The fourth-order valence-electron chi connectivity index (χ4n) is 2.19. The number of nitrogen functional groups attached to an aromatic ring is 1. The summed E-state index contributed by atoms with van der Waals surface area (Å²) in [4.78, 5) is 0.917. The molecule has 0 saturated heterocycles. The van der Waals surface area contributed by atoms with Gasteiger partial charge in [-0.3, -0.25) is 0 Å². The second-order valence-electron chi connectivity index (χ2n) is 4.52. The van der Waals surface area contributed by atoms with E-state index in [0.29, 0.717) is 10.7 Å². The van der Waals surface area contributed by atoms with E-state index in [4.69, 9.17) is 17.3 Å². The normalized spacial score (nSPS) is 25.5. The van der Waals surface area contributed by atoms with Crippen LogP contribution in [0, 0.1) is 0 Å². The van der Waals surface area contributed by atoms with Gasteiger partial charge in [0.15, 0.2) is 0 Å². The first-order chi connectivity index (χ1) is 8.18. The summed E-state index contributed by atoms with van der Waals surface area (Å²) in [6.45, 7) is 0. The average Bonchev–Trinajstić information content (AvgIpc) is 2.49. The Morgan fingerprint density at radius 3 is 2.76 bits per heavy atom. The molecule has 0 heterocycles. The molecular formula is C13H18ClNOS. The molecule has 0 aliphatic heterocycles. The first-order valence-electron chi connectivity index (χ1n) is 6.07. The number of hydrogen-bond donors (Lipinski definition) is 2. The predicted octanol–water partition coefficient (Wildman–Crippen LogP) is 3.71. The van der Waals surface area contributed by atoms with E-state index in [1.54, 1.807) is 11.8 Å². The summed E-state index contributed by atoms with van der Waals surface area (Å²) >= 11 is 7.79. The van der Waals surface area contributed by atoms with Crippen molar-refractivity contribution in [1.29, 1.82) is 0 Å². The summed E-state index contributed by atoms with van der Waals surface area (Å²) in [5.74, 6) is 0. The number of rotatable bonds is 2. The monoisotopic (exact) mass is 271 g/mol. The van der Waals surface area contributed by atoms with Crippen molar-refractivity contribution in [3.8, 4) is 0 Å². The van der Waals surface area contributed by atoms with Gasteiger partial charge in [0.2, 0.25) is 0 Å². The van der Waals surface area contributed by atoms with Crippen LogP contribution in [0.15, 0.2) is 23.1 Å². The fourth-order valence-corrected chi connectivity index (χ4v) is 3.77. The van der Waals surface area contributed by atoms with Crippen LogP contribution in [0.3, 0.4) is 0 Å². The molecule has 0 aromatic heterocycles. The standard InChI is InChI=1S/C13H18ClNOS/c14-9-5-4-6-10(15)13(9)17-12-8-3-1-2-7-11(12)16/h4-6,11-12,16H,1-3,7-8,15H2. The van der Waals surface area contributed by atoms with Crippen LogP contribution in [0.2, 0.25) is 5.02 Å². The van der Waals surface area contributed by atoms with Crippen molar-refractivity contribution in [3.05, 3.63) is 23.2 Å². The predicted molar refractivity (Wildman–Crippen MR) is 74.6 cm³/mol. The number of aliphatic hydroxyl groups excluding tert-OH is 1. The molecule has 2 rings (SSSR count). The molecular weight excluding hydrogens is 254 g/mol. The number of benzene rings is 1. The zero-order valence-corrected chi connectivity index (χ0v) is 11.3. The SMILES string of the molecule is Nc1cccc(Cl)c1SC1CCCCCC1O. The summed E-state index contributed by atoms with van der Waals surface area (Å²) in [6, 6.07) is 5.56. The molecule has 2 nitrogen and oxygen atoms in total. The topological polar surface area (TPSA) is 46.2 Å². The second kappa shape index (κ2) is 5.98. The van der Waals surface area contributed by atoms with Crippen molar-refractivity contribution in [3.63, 3.8) is 0 Å². The molecule has 2 atom stereocenters. The molecule has 0 radical (unpaired) electrons. The maximum absolute atomic E-state index is 10.1.